The van der Waals surface area contributed by atoms with Gasteiger partial charge in [0.1, 0.15) is 17.2 Å². The molecule has 2 aromatic rings. The predicted molar refractivity (Wildman–Crippen MR) is 90.9 cm³/mol. The van der Waals surface area contributed by atoms with Gasteiger partial charge >= 0.3 is 6.09 Å². The van der Waals surface area contributed by atoms with Gasteiger partial charge < -0.3 is 19.4 Å². The number of furan rings is 1. The summed E-state index contributed by atoms with van der Waals surface area (Å²) >= 11 is 0. The fourth-order valence-electron chi connectivity index (χ4n) is 2.01. The van der Waals surface area contributed by atoms with Crippen molar-refractivity contribution in [3.63, 3.8) is 0 Å². The molecule has 0 aliphatic carbocycles. The molecule has 0 unspecified atom stereocenters. The normalized spacial score (nSPS) is 11.1. The molecule has 0 aliphatic rings. The topological polar surface area (TPSA) is 71.8 Å². The van der Waals surface area contributed by atoms with Gasteiger partial charge in [0.25, 0.3) is 5.91 Å². The van der Waals surface area contributed by atoms with Crippen LogP contribution in [-0.4, -0.2) is 24.6 Å². The van der Waals surface area contributed by atoms with Crippen LogP contribution in [0.5, 0.6) is 0 Å². The highest BCUT2D eigenvalue weighted by Crippen LogP contribution is 2.17. The molecule has 0 fully saturated rings. The second kappa shape index (κ2) is 7.38. The van der Waals surface area contributed by atoms with Crippen LogP contribution in [0.3, 0.4) is 0 Å². The van der Waals surface area contributed by atoms with E-state index in [1.165, 1.54) is 35.2 Å². The van der Waals surface area contributed by atoms with Crippen molar-refractivity contribution in [2.24, 2.45) is 0 Å². The molecule has 134 valence electrons. The number of amides is 2. The molecule has 25 heavy (non-hydrogen) atoms. The zero-order chi connectivity index (χ0) is 18.6. The van der Waals surface area contributed by atoms with Crippen LogP contribution in [0.1, 0.15) is 37.1 Å². The number of alkyl carbamates (subject to hydrolysis) is 1. The SMILES string of the molecule is CN(C(=O)c1ccc(CNC(=O)OC(C)(C)C)o1)c1ccc(F)cc1. The number of nitrogens with one attached hydrogen (secondary N) is 1. The summed E-state index contributed by atoms with van der Waals surface area (Å²) in [4.78, 5) is 25.4. The van der Waals surface area contributed by atoms with E-state index >= 15 is 0 Å². The van der Waals surface area contributed by atoms with Crippen molar-refractivity contribution in [1.82, 2.24) is 5.32 Å². The molecule has 0 saturated heterocycles. The summed E-state index contributed by atoms with van der Waals surface area (Å²) in [7, 11) is 1.57. The number of nitrogens with zero attached hydrogens (tertiary/aromatic N) is 1. The van der Waals surface area contributed by atoms with Crippen LogP contribution in [0.2, 0.25) is 0 Å². The Morgan fingerprint density at radius 3 is 2.40 bits per heavy atom. The maximum absolute atomic E-state index is 13.0. The predicted octanol–water partition coefficient (Wildman–Crippen LogP) is 3.72. The Kier molecular flexibility index (Phi) is 5.46. The first-order chi connectivity index (χ1) is 11.7. The third kappa shape index (κ3) is 5.34. The number of anilines is 1. The van der Waals surface area contributed by atoms with Crippen LogP contribution in [0, 0.1) is 5.82 Å². The van der Waals surface area contributed by atoms with Crippen molar-refractivity contribution < 1.29 is 23.1 Å². The third-order valence-corrected chi connectivity index (χ3v) is 3.20. The fourth-order valence-corrected chi connectivity index (χ4v) is 2.01. The van der Waals surface area contributed by atoms with E-state index in [2.05, 4.69) is 5.32 Å². The Balaban J connectivity index is 1.97. The van der Waals surface area contributed by atoms with E-state index in [1.807, 2.05) is 0 Å². The fraction of sp³-hybridized carbons (Fsp3) is 0.333. The summed E-state index contributed by atoms with van der Waals surface area (Å²) in [6.07, 6.45) is -0.569. The molecule has 0 spiro atoms. The molecule has 0 saturated carbocycles. The molecular formula is C18H21FN2O4. The maximum Gasteiger partial charge on any atom is 0.408 e. The lowest BCUT2D eigenvalue weighted by Crippen LogP contribution is -2.32. The maximum atomic E-state index is 13.0. The highest BCUT2D eigenvalue weighted by atomic mass is 19.1. The van der Waals surface area contributed by atoms with Crippen molar-refractivity contribution in [3.05, 3.63) is 53.7 Å². The van der Waals surface area contributed by atoms with E-state index in [9.17, 15) is 14.0 Å². The quantitative estimate of drug-likeness (QED) is 0.914. The van der Waals surface area contributed by atoms with Gasteiger partial charge in [0.15, 0.2) is 5.76 Å². The van der Waals surface area contributed by atoms with Crippen LogP contribution in [-0.2, 0) is 11.3 Å². The largest absolute Gasteiger partial charge is 0.454 e. The first-order valence-corrected chi connectivity index (χ1v) is 7.75. The molecule has 0 bridgehead atoms. The van der Waals surface area contributed by atoms with Crippen LogP contribution >= 0.6 is 0 Å². The van der Waals surface area contributed by atoms with Crippen LogP contribution in [0.15, 0.2) is 40.8 Å². The van der Waals surface area contributed by atoms with E-state index in [-0.39, 0.29) is 24.0 Å². The highest BCUT2D eigenvalue weighted by Gasteiger charge is 2.19. The molecule has 1 aromatic heterocycles. The molecule has 2 amide bonds. The van der Waals surface area contributed by atoms with Gasteiger partial charge in [-0.2, -0.15) is 0 Å². The minimum absolute atomic E-state index is 0.0997. The summed E-state index contributed by atoms with van der Waals surface area (Å²) in [6, 6.07) is 8.68. The average molecular weight is 348 g/mol. The minimum Gasteiger partial charge on any atom is -0.454 e. The van der Waals surface area contributed by atoms with Crippen molar-refractivity contribution in [3.8, 4) is 0 Å². The summed E-state index contributed by atoms with van der Waals surface area (Å²) in [5, 5.41) is 2.55. The zero-order valence-electron chi connectivity index (χ0n) is 14.6. The number of ether oxygens (including phenoxy) is 1. The monoisotopic (exact) mass is 348 g/mol. The lowest BCUT2D eigenvalue weighted by Gasteiger charge is -2.19. The van der Waals surface area contributed by atoms with Crippen LogP contribution in [0.25, 0.3) is 0 Å². The lowest BCUT2D eigenvalue weighted by atomic mass is 10.2. The average Bonchev–Trinajstić information content (AvgIpc) is 2.99. The summed E-state index contributed by atoms with van der Waals surface area (Å²) in [5.74, 6) is -0.220. The number of benzene rings is 1. The van der Waals surface area contributed by atoms with Crippen molar-refractivity contribution in [2.75, 3.05) is 11.9 Å². The molecule has 0 aliphatic heterocycles. The van der Waals surface area contributed by atoms with Gasteiger partial charge in [-0.25, -0.2) is 9.18 Å². The number of carbonyl (C=O) groups is 2. The van der Waals surface area contributed by atoms with E-state index in [0.717, 1.165) is 0 Å². The van der Waals surface area contributed by atoms with Gasteiger partial charge in [-0.1, -0.05) is 0 Å². The number of hydrogen-bond acceptors (Lipinski definition) is 4. The summed E-state index contributed by atoms with van der Waals surface area (Å²) < 4.78 is 23.5. The minimum atomic E-state index is -0.591. The molecule has 1 N–H and O–H groups in total. The number of carbonyl (C=O) groups excluding carboxylic acids is 2. The van der Waals surface area contributed by atoms with Gasteiger partial charge in [0.2, 0.25) is 0 Å². The number of rotatable bonds is 4. The van der Waals surface area contributed by atoms with E-state index in [1.54, 1.807) is 33.9 Å². The second-order valence-corrected chi connectivity index (χ2v) is 6.46. The highest BCUT2D eigenvalue weighted by molar-refractivity contribution is 6.03. The van der Waals surface area contributed by atoms with Crippen LogP contribution in [0.4, 0.5) is 14.9 Å². The van der Waals surface area contributed by atoms with Gasteiger partial charge in [-0.05, 0) is 57.2 Å². The Labute approximate surface area is 145 Å². The Morgan fingerprint density at radius 2 is 1.80 bits per heavy atom. The molecule has 7 heteroatoms. The Bertz CT molecular complexity index is 747. The summed E-state index contributed by atoms with van der Waals surface area (Å²) in [6.45, 7) is 5.40. The molecule has 2 rings (SSSR count). The van der Waals surface area contributed by atoms with Gasteiger partial charge in [0.05, 0.1) is 6.54 Å². The molecule has 0 atom stereocenters. The third-order valence-electron chi connectivity index (χ3n) is 3.20. The van der Waals surface area contributed by atoms with Gasteiger partial charge in [-0.15, -0.1) is 0 Å². The van der Waals surface area contributed by atoms with E-state index < -0.39 is 11.7 Å². The van der Waals surface area contributed by atoms with Gasteiger partial charge in [-0.3, -0.25) is 4.79 Å². The molecule has 0 radical (unpaired) electrons. The van der Waals surface area contributed by atoms with Crippen molar-refractivity contribution >= 4 is 17.7 Å². The standard InChI is InChI=1S/C18H21FN2O4/c1-18(2,3)25-17(23)20-11-14-9-10-15(24-14)16(22)21(4)13-7-5-12(19)6-8-13/h5-10H,11H2,1-4H3,(H,20,23). The second-order valence-electron chi connectivity index (χ2n) is 6.46. The van der Waals surface area contributed by atoms with Crippen LogP contribution < -0.4 is 10.2 Å². The number of halogens is 1. The Morgan fingerprint density at radius 1 is 1.16 bits per heavy atom. The molecular weight excluding hydrogens is 327 g/mol. The van der Waals surface area contributed by atoms with E-state index in [4.69, 9.17) is 9.15 Å². The molecule has 1 aromatic carbocycles. The lowest BCUT2D eigenvalue weighted by molar-refractivity contribution is 0.0520. The Hall–Kier alpha value is -2.83. The summed E-state index contributed by atoms with van der Waals surface area (Å²) in [5.41, 5.74) is -0.0529. The molecule has 6 nitrogen and oxygen atoms in total. The first-order valence-electron chi connectivity index (χ1n) is 7.75. The number of hydrogen-bond donors (Lipinski definition) is 1. The van der Waals surface area contributed by atoms with E-state index in [0.29, 0.717) is 11.4 Å². The zero-order valence-corrected chi connectivity index (χ0v) is 14.6. The first kappa shape index (κ1) is 18.5. The molecule has 1 heterocycles. The van der Waals surface area contributed by atoms with Crippen molar-refractivity contribution in [2.45, 2.75) is 32.9 Å². The van der Waals surface area contributed by atoms with Crippen molar-refractivity contribution in [1.29, 1.82) is 0 Å². The smallest absolute Gasteiger partial charge is 0.408 e. The van der Waals surface area contributed by atoms with Gasteiger partial charge in [0, 0.05) is 12.7 Å².